The minimum atomic E-state index is -3.97. The number of nitro benzene ring substituents is 1. The Hall–Kier alpha value is -1.20. The summed E-state index contributed by atoms with van der Waals surface area (Å²) in [6, 6.07) is 9.47. The van der Waals surface area contributed by atoms with Crippen LogP contribution in [0.15, 0.2) is 41.3 Å². The summed E-state index contributed by atoms with van der Waals surface area (Å²) >= 11 is 13.0. The van der Waals surface area contributed by atoms with Gasteiger partial charge in [-0.05, 0) is 29.7 Å². The van der Waals surface area contributed by atoms with Gasteiger partial charge in [0.25, 0.3) is 5.69 Å². The number of nitrogens with zero attached hydrogens (tertiary/aromatic N) is 3. The first-order valence-corrected chi connectivity index (χ1v) is 13.3. The fourth-order valence-electron chi connectivity index (χ4n) is 3.52. The smallest absolute Gasteiger partial charge is 0.270 e. The van der Waals surface area contributed by atoms with Crippen molar-refractivity contribution in [3.63, 3.8) is 0 Å². The normalized spacial score (nSPS) is 14.4. The maximum Gasteiger partial charge on any atom is 0.270 e. The number of benzene rings is 2. The first-order valence-electron chi connectivity index (χ1n) is 9.21. The molecule has 0 spiro atoms. The Morgan fingerprint density at radius 1 is 1.17 bits per heavy atom. The van der Waals surface area contributed by atoms with Gasteiger partial charge in [0.05, 0.1) is 10.6 Å². The van der Waals surface area contributed by atoms with Crippen molar-refractivity contribution in [3.8, 4) is 0 Å². The van der Waals surface area contributed by atoms with E-state index in [1.54, 1.807) is 12.1 Å². The molecule has 0 aliphatic carbocycles. The average Bonchev–Trinajstić information content (AvgIpc) is 2.73. The van der Waals surface area contributed by atoms with Crippen molar-refractivity contribution in [1.82, 2.24) is 4.31 Å². The lowest BCUT2D eigenvalue weighted by atomic mass is 10.0. The maximum atomic E-state index is 13.6. The first kappa shape index (κ1) is 23.5. The van der Waals surface area contributed by atoms with Gasteiger partial charge in [-0.15, -0.1) is 0 Å². The van der Waals surface area contributed by atoms with Crippen molar-refractivity contribution in [2.45, 2.75) is 17.9 Å². The molecule has 7 nitrogen and oxygen atoms in total. The highest BCUT2D eigenvalue weighted by molar-refractivity contribution is 9.09. The van der Waals surface area contributed by atoms with Gasteiger partial charge in [-0.1, -0.05) is 55.6 Å². The summed E-state index contributed by atoms with van der Waals surface area (Å²) in [5, 5.41) is 13.2. The summed E-state index contributed by atoms with van der Waals surface area (Å²) in [6.45, 7) is 1.56. The van der Waals surface area contributed by atoms with Crippen LogP contribution in [0.5, 0.6) is 0 Å². The Labute approximate surface area is 197 Å². The molecule has 0 atom stereocenters. The largest absolute Gasteiger partial charge is 0.369 e. The quantitative estimate of drug-likeness (QED) is 0.259. The summed E-state index contributed by atoms with van der Waals surface area (Å²) < 4.78 is 28.6. The van der Waals surface area contributed by atoms with Gasteiger partial charge in [0.15, 0.2) is 0 Å². The fourth-order valence-corrected chi connectivity index (χ4v) is 6.32. The molecule has 0 radical (unpaired) electrons. The van der Waals surface area contributed by atoms with E-state index in [2.05, 4.69) is 31.9 Å². The van der Waals surface area contributed by atoms with E-state index >= 15 is 0 Å². The van der Waals surface area contributed by atoms with Crippen LogP contribution in [0.25, 0.3) is 0 Å². The number of hydrogen-bond acceptors (Lipinski definition) is 5. The van der Waals surface area contributed by atoms with Crippen LogP contribution >= 0.6 is 43.5 Å². The third kappa shape index (κ3) is 4.83. The molecule has 30 heavy (non-hydrogen) atoms. The second-order valence-electron chi connectivity index (χ2n) is 6.74. The lowest BCUT2D eigenvalue weighted by Crippen LogP contribution is -2.37. The molecule has 0 N–H and O–H groups in total. The van der Waals surface area contributed by atoms with Crippen molar-refractivity contribution in [2.75, 3.05) is 35.2 Å². The number of halogens is 3. The van der Waals surface area contributed by atoms with Crippen molar-refractivity contribution in [2.24, 2.45) is 0 Å². The van der Waals surface area contributed by atoms with Crippen molar-refractivity contribution in [3.05, 3.63) is 62.7 Å². The van der Waals surface area contributed by atoms with Crippen LogP contribution in [0.2, 0.25) is 5.02 Å². The van der Waals surface area contributed by atoms with Gasteiger partial charge >= 0.3 is 0 Å². The molecule has 2 aromatic rings. The molecule has 0 fully saturated rings. The van der Waals surface area contributed by atoms with E-state index in [-0.39, 0.29) is 23.7 Å². The topological polar surface area (TPSA) is 83.8 Å². The van der Waals surface area contributed by atoms with Crippen LogP contribution in [0.4, 0.5) is 11.4 Å². The highest BCUT2D eigenvalue weighted by Gasteiger charge is 2.33. The lowest BCUT2D eigenvalue weighted by Gasteiger charge is -2.31. The average molecular weight is 582 g/mol. The highest BCUT2D eigenvalue weighted by atomic mass is 79.9. The minimum absolute atomic E-state index is 0.0518. The number of sulfonamides is 1. The van der Waals surface area contributed by atoms with E-state index in [1.807, 2.05) is 11.0 Å². The summed E-state index contributed by atoms with van der Waals surface area (Å²) in [7, 11) is -3.97. The predicted octanol–water partition coefficient (Wildman–Crippen LogP) is 4.59. The molecule has 0 unspecified atom stereocenters. The fraction of sp³-hybridized carbons (Fsp3) is 0.368. The minimum Gasteiger partial charge on any atom is -0.369 e. The van der Waals surface area contributed by atoms with Gasteiger partial charge in [0, 0.05) is 54.0 Å². The summed E-state index contributed by atoms with van der Waals surface area (Å²) in [5.74, 6) is 0. The Kier molecular flexibility index (Phi) is 7.78. The maximum absolute atomic E-state index is 13.6. The number of nitro groups is 1. The molecule has 0 amide bonds. The monoisotopic (exact) mass is 579 g/mol. The predicted molar refractivity (Wildman–Crippen MR) is 126 cm³/mol. The molecule has 11 heteroatoms. The molecule has 0 saturated heterocycles. The number of fused-ring (bicyclic) bond motifs is 1. The molecule has 1 heterocycles. The van der Waals surface area contributed by atoms with E-state index in [4.69, 9.17) is 11.6 Å². The van der Waals surface area contributed by atoms with E-state index in [9.17, 15) is 18.5 Å². The number of rotatable bonds is 8. The molecule has 162 valence electrons. The van der Waals surface area contributed by atoms with E-state index in [1.165, 1.54) is 16.4 Å². The van der Waals surface area contributed by atoms with Crippen LogP contribution < -0.4 is 4.90 Å². The third-order valence-corrected chi connectivity index (χ3v) is 7.93. The van der Waals surface area contributed by atoms with Crippen LogP contribution in [0.3, 0.4) is 0 Å². The van der Waals surface area contributed by atoms with E-state index < -0.39 is 14.9 Å². The Balaban J connectivity index is 2.07. The van der Waals surface area contributed by atoms with Crippen molar-refractivity contribution < 1.29 is 13.3 Å². The van der Waals surface area contributed by atoms with Crippen molar-refractivity contribution >= 4 is 64.9 Å². The van der Waals surface area contributed by atoms with Crippen LogP contribution in [-0.4, -0.2) is 47.9 Å². The molecule has 3 rings (SSSR count). The molecule has 0 bridgehead atoms. The number of alkyl halides is 2. The Bertz CT molecular complexity index is 1050. The molecule has 0 saturated carbocycles. The van der Waals surface area contributed by atoms with Gasteiger partial charge in [-0.2, -0.15) is 4.31 Å². The number of hydrogen-bond donors (Lipinski definition) is 0. The van der Waals surface area contributed by atoms with Gasteiger partial charge in [-0.3, -0.25) is 10.1 Å². The molecule has 1 aliphatic rings. The lowest BCUT2D eigenvalue weighted by molar-refractivity contribution is -0.385. The van der Waals surface area contributed by atoms with Gasteiger partial charge in [0.2, 0.25) is 10.0 Å². The second kappa shape index (κ2) is 9.95. The van der Waals surface area contributed by atoms with Gasteiger partial charge in [0.1, 0.15) is 4.90 Å². The first-order chi connectivity index (χ1) is 14.3. The van der Waals surface area contributed by atoms with Crippen molar-refractivity contribution in [1.29, 1.82) is 0 Å². The molecule has 2 aromatic carbocycles. The standard InChI is InChI=1S/C19H20Br2ClN3O4S/c20-7-10-23(11-8-21)18-5-4-15(25(26)27)12-19(18)30(28,29)24-9-6-16-14(13-24)2-1-3-17(16)22/h1-5,12H,6-11,13H2. The van der Waals surface area contributed by atoms with Crippen LogP contribution in [0.1, 0.15) is 11.1 Å². The summed E-state index contributed by atoms with van der Waals surface area (Å²) in [5.41, 5.74) is 2.00. The zero-order chi connectivity index (χ0) is 21.9. The molecule has 1 aliphatic heterocycles. The third-order valence-electron chi connectivity index (χ3n) is 5.00. The molecule has 0 aromatic heterocycles. The Morgan fingerprint density at radius 2 is 1.87 bits per heavy atom. The van der Waals surface area contributed by atoms with Crippen LogP contribution in [-0.2, 0) is 23.0 Å². The molecular formula is C19H20Br2ClN3O4S. The van der Waals surface area contributed by atoms with Gasteiger partial charge < -0.3 is 4.90 Å². The summed E-state index contributed by atoms with van der Waals surface area (Å²) in [4.78, 5) is 12.6. The number of anilines is 1. The molecular weight excluding hydrogens is 562 g/mol. The SMILES string of the molecule is O=[N+]([O-])c1ccc(N(CCBr)CCBr)c(S(=O)(=O)N2CCc3c(Cl)cccc3C2)c1. The van der Waals surface area contributed by atoms with E-state index in [0.29, 0.717) is 40.9 Å². The van der Waals surface area contributed by atoms with E-state index in [0.717, 1.165) is 17.2 Å². The second-order valence-corrected chi connectivity index (χ2v) is 10.6. The Morgan fingerprint density at radius 3 is 2.50 bits per heavy atom. The zero-order valence-corrected chi connectivity index (χ0v) is 20.7. The number of non-ortho nitro benzene ring substituents is 1. The van der Waals surface area contributed by atoms with Crippen LogP contribution in [0, 0.1) is 10.1 Å². The summed E-state index contributed by atoms with van der Waals surface area (Å²) in [6.07, 6.45) is 0.491. The highest BCUT2D eigenvalue weighted by Crippen LogP contribution is 2.35. The van der Waals surface area contributed by atoms with Gasteiger partial charge in [-0.25, -0.2) is 8.42 Å². The zero-order valence-electron chi connectivity index (χ0n) is 15.9.